The Morgan fingerprint density at radius 3 is 2.67 bits per heavy atom. The molecule has 2 N–H and O–H groups in total. The molecule has 0 radical (unpaired) electrons. The normalized spacial score (nSPS) is 19.0. The minimum absolute atomic E-state index is 0.0168. The minimum atomic E-state index is -4.58. The summed E-state index contributed by atoms with van der Waals surface area (Å²) in [4.78, 5) is 12.8. The lowest BCUT2D eigenvalue weighted by Gasteiger charge is -2.34. The van der Waals surface area contributed by atoms with Gasteiger partial charge in [0.15, 0.2) is 17.5 Å². The van der Waals surface area contributed by atoms with Crippen LogP contribution in [0.15, 0.2) is 48.7 Å². The number of alkyl halides is 3. The van der Waals surface area contributed by atoms with Gasteiger partial charge in [-0.25, -0.2) is 9.07 Å². The number of carbonyl (C=O) groups excluding carboxylic acids is 1. The molecule has 33 heavy (non-hydrogen) atoms. The molecule has 3 heterocycles. The highest BCUT2D eigenvalue weighted by atomic mass is 19.4. The van der Waals surface area contributed by atoms with Gasteiger partial charge in [-0.05, 0) is 35.4 Å². The van der Waals surface area contributed by atoms with E-state index in [9.17, 15) is 22.4 Å². The standard InChI is InChI=1S/C22H18F4N4O3/c23-14-4-2-13(3-5-14)16-8-19(22(24,25)26)30-20(29-16)15(10-28-30)21(31)27-9-12-1-6-17-18(7-12)33-11-32-17/h1-7,10,16,19,29H,8-9,11H2,(H,27,31). The van der Waals surface area contributed by atoms with Gasteiger partial charge in [0.25, 0.3) is 5.91 Å². The lowest BCUT2D eigenvalue weighted by Crippen LogP contribution is -2.36. The highest BCUT2D eigenvalue weighted by Crippen LogP contribution is 2.44. The van der Waals surface area contributed by atoms with Gasteiger partial charge in [-0.3, -0.25) is 4.79 Å². The van der Waals surface area contributed by atoms with Crippen LogP contribution in [0.5, 0.6) is 11.5 Å². The highest BCUT2D eigenvalue weighted by Gasteiger charge is 2.47. The number of ether oxygens (including phenoxy) is 2. The zero-order valence-corrected chi connectivity index (χ0v) is 17.0. The number of aromatic nitrogens is 2. The predicted molar refractivity (Wildman–Crippen MR) is 108 cm³/mol. The molecule has 11 heteroatoms. The van der Waals surface area contributed by atoms with Crippen LogP contribution in [-0.2, 0) is 6.54 Å². The number of amides is 1. The molecule has 2 aromatic carbocycles. The third kappa shape index (κ3) is 4.06. The van der Waals surface area contributed by atoms with E-state index in [1.165, 1.54) is 24.3 Å². The summed E-state index contributed by atoms with van der Waals surface area (Å²) in [5.41, 5.74) is 1.19. The smallest absolute Gasteiger partial charge is 0.410 e. The lowest BCUT2D eigenvalue weighted by atomic mass is 9.96. The Labute approximate surface area is 185 Å². The van der Waals surface area contributed by atoms with Crippen molar-refractivity contribution in [2.45, 2.75) is 31.2 Å². The van der Waals surface area contributed by atoms with Crippen LogP contribution >= 0.6 is 0 Å². The molecule has 172 valence electrons. The van der Waals surface area contributed by atoms with Crippen molar-refractivity contribution in [3.63, 3.8) is 0 Å². The Kier molecular flexibility index (Phi) is 5.10. The largest absolute Gasteiger partial charge is 0.454 e. The average molecular weight is 462 g/mol. The van der Waals surface area contributed by atoms with E-state index in [4.69, 9.17) is 9.47 Å². The predicted octanol–water partition coefficient (Wildman–Crippen LogP) is 4.34. The topological polar surface area (TPSA) is 77.4 Å². The Morgan fingerprint density at radius 1 is 1.15 bits per heavy atom. The van der Waals surface area contributed by atoms with Crippen LogP contribution in [0.4, 0.5) is 23.4 Å². The van der Waals surface area contributed by atoms with Crippen LogP contribution in [-0.4, -0.2) is 28.7 Å². The summed E-state index contributed by atoms with van der Waals surface area (Å²) in [6, 6.07) is 7.70. The third-order valence-electron chi connectivity index (χ3n) is 5.65. The summed E-state index contributed by atoms with van der Waals surface area (Å²) in [6.45, 7) is 0.249. The zero-order chi connectivity index (χ0) is 23.2. The molecule has 0 bridgehead atoms. The fraction of sp³-hybridized carbons (Fsp3) is 0.273. The lowest BCUT2D eigenvalue weighted by molar-refractivity contribution is -0.173. The molecule has 2 atom stereocenters. The van der Waals surface area contributed by atoms with E-state index in [1.54, 1.807) is 18.2 Å². The Morgan fingerprint density at radius 2 is 1.91 bits per heavy atom. The van der Waals surface area contributed by atoms with Crippen LogP contribution in [0, 0.1) is 5.82 Å². The first-order chi connectivity index (χ1) is 15.8. The summed E-state index contributed by atoms with van der Waals surface area (Å²) in [7, 11) is 0. The fourth-order valence-corrected chi connectivity index (χ4v) is 3.97. The number of carbonyl (C=O) groups is 1. The molecule has 7 nitrogen and oxygen atoms in total. The van der Waals surface area contributed by atoms with Gasteiger partial charge in [-0.15, -0.1) is 0 Å². The number of hydrogen-bond donors (Lipinski definition) is 2. The average Bonchev–Trinajstić information content (AvgIpc) is 3.43. The van der Waals surface area contributed by atoms with Crippen molar-refractivity contribution in [2.24, 2.45) is 0 Å². The van der Waals surface area contributed by atoms with Crippen LogP contribution in [0.25, 0.3) is 0 Å². The van der Waals surface area contributed by atoms with Crippen LogP contribution < -0.4 is 20.1 Å². The van der Waals surface area contributed by atoms with Crippen LogP contribution in [0.1, 0.15) is 40.0 Å². The van der Waals surface area contributed by atoms with E-state index in [0.29, 0.717) is 17.1 Å². The SMILES string of the molecule is O=C(NCc1ccc2c(c1)OCO2)c1cnn2c1NC(c1ccc(F)cc1)CC2C(F)(F)F. The number of fused-ring (bicyclic) bond motifs is 2. The van der Waals surface area contributed by atoms with Gasteiger partial charge in [0, 0.05) is 13.0 Å². The Bertz CT molecular complexity index is 1190. The van der Waals surface area contributed by atoms with E-state index in [1.807, 2.05) is 0 Å². The number of nitrogens with zero attached hydrogens (tertiary/aromatic N) is 2. The molecule has 0 fully saturated rings. The van der Waals surface area contributed by atoms with E-state index >= 15 is 0 Å². The monoisotopic (exact) mass is 462 g/mol. The zero-order valence-electron chi connectivity index (χ0n) is 17.0. The van der Waals surface area contributed by atoms with Gasteiger partial charge < -0.3 is 20.1 Å². The summed E-state index contributed by atoms with van der Waals surface area (Å²) < 4.78 is 66.0. The maximum atomic E-state index is 13.8. The molecule has 0 saturated carbocycles. The van der Waals surface area contributed by atoms with Crippen molar-refractivity contribution >= 4 is 11.7 Å². The fourth-order valence-electron chi connectivity index (χ4n) is 3.97. The molecular formula is C22H18F4N4O3. The molecule has 0 aliphatic carbocycles. The second kappa shape index (κ2) is 7.98. The van der Waals surface area contributed by atoms with E-state index in [0.717, 1.165) is 16.4 Å². The molecule has 5 rings (SSSR count). The van der Waals surface area contributed by atoms with Crippen molar-refractivity contribution in [3.05, 3.63) is 71.2 Å². The number of halogens is 4. The number of benzene rings is 2. The first kappa shape index (κ1) is 21.1. The number of hydrogen-bond acceptors (Lipinski definition) is 5. The third-order valence-corrected chi connectivity index (χ3v) is 5.65. The van der Waals surface area contributed by atoms with Crippen molar-refractivity contribution in [1.82, 2.24) is 15.1 Å². The number of anilines is 1. The maximum absolute atomic E-state index is 13.8. The second-order valence-corrected chi connectivity index (χ2v) is 7.76. The summed E-state index contributed by atoms with van der Waals surface area (Å²) >= 11 is 0. The minimum Gasteiger partial charge on any atom is -0.454 e. The number of rotatable bonds is 4. The van der Waals surface area contributed by atoms with Gasteiger partial charge in [0.05, 0.1) is 12.2 Å². The molecule has 1 aromatic heterocycles. The summed E-state index contributed by atoms with van der Waals surface area (Å²) in [5, 5.41) is 9.52. The molecule has 2 unspecified atom stereocenters. The van der Waals surface area contributed by atoms with Crippen molar-refractivity contribution in [1.29, 1.82) is 0 Å². The van der Waals surface area contributed by atoms with Crippen molar-refractivity contribution < 1.29 is 31.8 Å². The highest BCUT2D eigenvalue weighted by molar-refractivity contribution is 5.98. The van der Waals surface area contributed by atoms with Gasteiger partial charge in [0.2, 0.25) is 6.79 Å². The van der Waals surface area contributed by atoms with Crippen molar-refractivity contribution in [2.75, 3.05) is 12.1 Å². The molecule has 2 aliphatic rings. The van der Waals surface area contributed by atoms with Gasteiger partial charge in [-0.1, -0.05) is 18.2 Å². The molecule has 3 aromatic rings. The Hall–Kier alpha value is -3.76. The van der Waals surface area contributed by atoms with E-state index in [2.05, 4.69) is 15.7 Å². The molecule has 2 aliphatic heterocycles. The first-order valence-corrected chi connectivity index (χ1v) is 10.1. The van der Waals surface area contributed by atoms with Gasteiger partial charge in [-0.2, -0.15) is 18.3 Å². The Balaban J connectivity index is 1.39. The summed E-state index contributed by atoms with van der Waals surface area (Å²) in [6.07, 6.45) is -3.81. The van der Waals surface area contributed by atoms with Crippen LogP contribution in [0.2, 0.25) is 0 Å². The van der Waals surface area contributed by atoms with Gasteiger partial charge in [0.1, 0.15) is 17.2 Å². The molecule has 0 spiro atoms. The number of nitrogens with one attached hydrogen (secondary N) is 2. The summed E-state index contributed by atoms with van der Waals surface area (Å²) in [5.74, 6) is 0.0465. The maximum Gasteiger partial charge on any atom is 0.410 e. The van der Waals surface area contributed by atoms with E-state index < -0.39 is 30.0 Å². The molecular weight excluding hydrogens is 444 g/mol. The molecule has 1 amide bonds. The molecule has 0 saturated heterocycles. The first-order valence-electron chi connectivity index (χ1n) is 10.1. The van der Waals surface area contributed by atoms with Crippen LogP contribution in [0.3, 0.4) is 0 Å². The van der Waals surface area contributed by atoms with E-state index in [-0.39, 0.29) is 31.1 Å². The van der Waals surface area contributed by atoms with Gasteiger partial charge >= 0.3 is 6.18 Å². The van der Waals surface area contributed by atoms with Crippen molar-refractivity contribution in [3.8, 4) is 11.5 Å². The second-order valence-electron chi connectivity index (χ2n) is 7.76. The quantitative estimate of drug-likeness (QED) is 0.564.